The molecule has 0 saturated heterocycles. The van der Waals surface area contributed by atoms with Gasteiger partial charge < -0.3 is 9.42 Å². The van der Waals surface area contributed by atoms with E-state index >= 15 is 0 Å². The highest BCUT2D eigenvalue weighted by molar-refractivity contribution is 6.24. The first kappa shape index (κ1) is 19.5. The Hall–Kier alpha value is -3.85. The number of hydrogen-bond donors (Lipinski definition) is 2. The second-order valence-electron chi connectivity index (χ2n) is 6.70. The van der Waals surface area contributed by atoms with Crippen molar-refractivity contribution in [2.75, 3.05) is 6.54 Å². The summed E-state index contributed by atoms with van der Waals surface area (Å²) in [5, 5.41) is 12.6. The number of carbonyl (C=O) groups excluding carboxylic acids is 2. The molecule has 0 bridgehead atoms. The molecule has 2 aromatic heterocycles. The molecular weight excluding hydrogens is 391 g/mol. The van der Waals surface area contributed by atoms with Crippen molar-refractivity contribution in [2.24, 2.45) is 0 Å². The maximum Gasteiger partial charge on any atom is 0.297 e. The largest absolute Gasteiger partial charge is 0.360 e. The molecule has 0 spiro atoms. The molecule has 9 heteroatoms. The molecule has 4 rings (SSSR count). The summed E-state index contributed by atoms with van der Waals surface area (Å²) >= 11 is 0. The molecule has 0 fully saturated rings. The second-order valence-corrected chi connectivity index (χ2v) is 6.70. The van der Waals surface area contributed by atoms with Gasteiger partial charge in [-0.2, -0.15) is 0 Å². The van der Waals surface area contributed by atoms with Crippen LogP contribution in [-0.4, -0.2) is 38.6 Å². The van der Waals surface area contributed by atoms with Gasteiger partial charge in [0.25, 0.3) is 11.8 Å². The lowest BCUT2D eigenvalue weighted by molar-refractivity contribution is -0.125. The summed E-state index contributed by atoms with van der Waals surface area (Å²) in [5.41, 5.74) is 3.61. The highest BCUT2D eigenvalue weighted by atomic mass is 19.1. The molecule has 3 heterocycles. The summed E-state index contributed by atoms with van der Waals surface area (Å²) in [6, 6.07) is 9.19. The number of benzene rings is 1. The Morgan fingerprint density at radius 2 is 1.90 bits per heavy atom. The lowest BCUT2D eigenvalue weighted by atomic mass is 9.99. The van der Waals surface area contributed by atoms with Gasteiger partial charge in [-0.1, -0.05) is 17.3 Å². The smallest absolute Gasteiger partial charge is 0.297 e. The lowest BCUT2D eigenvalue weighted by Crippen LogP contribution is -2.37. The van der Waals surface area contributed by atoms with E-state index in [0.29, 0.717) is 35.4 Å². The summed E-state index contributed by atoms with van der Waals surface area (Å²) in [4.78, 5) is 30.8. The minimum atomic E-state index is -0.805. The van der Waals surface area contributed by atoms with E-state index in [2.05, 4.69) is 10.1 Å². The molecule has 0 aliphatic carbocycles. The van der Waals surface area contributed by atoms with Crippen LogP contribution in [0.2, 0.25) is 0 Å². The monoisotopic (exact) mass is 408 g/mol. The minimum Gasteiger partial charge on any atom is -0.360 e. The van der Waals surface area contributed by atoms with Crippen molar-refractivity contribution in [3.63, 3.8) is 0 Å². The van der Waals surface area contributed by atoms with Crippen LogP contribution < -0.4 is 5.48 Å². The Labute approximate surface area is 170 Å². The zero-order chi connectivity index (χ0) is 21.1. The summed E-state index contributed by atoms with van der Waals surface area (Å²) in [6.45, 7) is 0.450. The number of hydroxylamine groups is 1. The van der Waals surface area contributed by atoms with Gasteiger partial charge in [-0.25, -0.2) is 9.87 Å². The Morgan fingerprint density at radius 1 is 1.17 bits per heavy atom. The molecule has 1 aliphatic heterocycles. The maximum absolute atomic E-state index is 13.4. The van der Waals surface area contributed by atoms with Gasteiger partial charge in [0.2, 0.25) is 0 Å². The summed E-state index contributed by atoms with van der Waals surface area (Å²) in [5.74, 6) is -0.999. The Kier molecular flexibility index (Phi) is 5.36. The summed E-state index contributed by atoms with van der Waals surface area (Å²) < 4.78 is 18.6. The molecule has 1 aliphatic rings. The fourth-order valence-corrected chi connectivity index (χ4v) is 3.31. The number of fused-ring (bicyclic) bond motifs is 1. The number of hydrogen-bond acceptors (Lipinski definition) is 6. The van der Waals surface area contributed by atoms with Crippen molar-refractivity contribution in [3.8, 4) is 0 Å². The lowest BCUT2D eigenvalue weighted by Gasteiger charge is -2.27. The van der Waals surface area contributed by atoms with E-state index in [4.69, 9.17) is 9.73 Å². The van der Waals surface area contributed by atoms with Gasteiger partial charge in [0.1, 0.15) is 11.6 Å². The molecule has 30 heavy (non-hydrogen) atoms. The number of nitrogens with one attached hydrogen (secondary N) is 1. The van der Waals surface area contributed by atoms with Crippen LogP contribution in [-0.2, 0) is 17.8 Å². The van der Waals surface area contributed by atoms with Crippen LogP contribution in [0.5, 0.6) is 0 Å². The number of amides is 2. The third-order valence-corrected chi connectivity index (χ3v) is 4.83. The first-order valence-corrected chi connectivity index (χ1v) is 9.15. The maximum atomic E-state index is 13.4. The number of rotatable bonds is 4. The Morgan fingerprint density at radius 3 is 2.60 bits per heavy atom. The summed E-state index contributed by atoms with van der Waals surface area (Å²) in [7, 11) is 0. The number of nitrogens with zero attached hydrogens (tertiary/aromatic N) is 3. The zero-order valence-electron chi connectivity index (χ0n) is 15.7. The van der Waals surface area contributed by atoms with Gasteiger partial charge in [0.15, 0.2) is 5.69 Å². The van der Waals surface area contributed by atoms with Crippen LogP contribution in [0.4, 0.5) is 4.39 Å². The molecule has 0 atom stereocenters. The predicted molar refractivity (Wildman–Crippen MR) is 103 cm³/mol. The van der Waals surface area contributed by atoms with Gasteiger partial charge >= 0.3 is 0 Å². The van der Waals surface area contributed by atoms with Gasteiger partial charge in [0, 0.05) is 36.5 Å². The van der Waals surface area contributed by atoms with E-state index in [0.717, 1.165) is 5.56 Å². The number of pyridine rings is 1. The van der Waals surface area contributed by atoms with Crippen molar-refractivity contribution in [2.45, 2.75) is 13.0 Å². The third kappa shape index (κ3) is 3.83. The first-order valence-electron chi connectivity index (χ1n) is 9.15. The van der Waals surface area contributed by atoms with E-state index in [9.17, 15) is 14.0 Å². The minimum absolute atomic E-state index is 0.0635. The number of halogens is 1. The summed E-state index contributed by atoms with van der Waals surface area (Å²) in [6.07, 6.45) is 5.31. The van der Waals surface area contributed by atoms with Crippen LogP contribution in [0.25, 0.3) is 11.6 Å². The Balaban J connectivity index is 1.69. The van der Waals surface area contributed by atoms with Crippen molar-refractivity contribution in [1.82, 2.24) is 20.5 Å². The van der Waals surface area contributed by atoms with Crippen molar-refractivity contribution in [1.29, 1.82) is 0 Å². The average Bonchev–Trinajstić information content (AvgIpc) is 3.21. The van der Waals surface area contributed by atoms with Crippen LogP contribution >= 0.6 is 0 Å². The van der Waals surface area contributed by atoms with Crippen molar-refractivity contribution < 1.29 is 23.7 Å². The number of aromatic nitrogens is 2. The molecule has 152 valence electrons. The number of carbonyl (C=O) groups is 2. The molecule has 3 aromatic rings. The van der Waals surface area contributed by atoms with Crippen molar-refractivity contribution in [3.05, 3.63) is 82.8 Å². The third-order valence-electron chi connectivity index (χ3n) is 4.83. The van der Waals surface area contributed by atoms with Gasteiger partial charge in [0.05, 0.1) is 6.54 Å². The van der Waals surface area contributed by atoms with Gasteiger partial charge in [-0.3, -0.25) is 19.8 Å². The standard InChI is InChI=1S/C21H17FN4O4/c22-15-3-1-14(2-4-15)16(11-13-5-8-23-9-6-13)21(28)26-10-7-18-17(12-26)19(25-30-18)20(27)24-29/h1-6,8-9,11,29H,7,10,12H2,(H,24,27)/b16-11-. The van der Waals surface area contributed by atoms with Gasteiger partial charge in [-0.05, 0) is 41.5 Å². The van der Waals surface area contributed by atoms with Crippen LogP contribution in [0, 0.1) is 5.82 Å². The SMILES string of the molecule is O=C(NO)c1noc2c1CN(C(=O)/C(=C\c1ccncc1)c1ccc(F)cc1)CC2. The topological polar surface area (TPSA) is 109 Å². The van der Waals surface area contributed by atoms with Crippen LogP contribution in [0.15, 0.2) is 53.3 Å². The normalized spacial score (nSPS) is 13.7. The van der Waals surface area contributed by atoms with Crippen LogP contribution in [0.3, 0.4) is 0 Å². The zero-order valence-corrected chi connectivity index (χ0v) is 15.7. The van der Waals surface area contributed by atoms with Crippen LogP contribution in [0.1, 0.15) is 32.9 Å². The molecular formula is C21H17FN4O4. The molecule has 2 amide bonds. The molecule has 0 saturated carbocycles. The predicted octanol–water partition coefficient (Wildman–Crippen LogP) is 2.45. The first-order chi connectivity index (χ1) is 14.6. The Bertz CT molecular complexity index is 1110. The molecule has 0 unspecified atom stereocenters. The molecule has 2 N–H and O–H groups in total. The van der Waals surface area contributed by atoms with E-state index in [1.165, 1.54) is 17.6 Å². The fourth-order valence-electron chi connectivity index (χ4n) is 3.31. The fraction of sp³-hybridized carbons (Fsp3) is 0.143. The molecule has 8 nitrogen and oxygen atoms in total. The molecule has 1 aromatic carbocycles. The van der Waals surface area contributed by atoms with E-state index < -0.39 is 11.7 Å². The van der Waals surface area contributed by atoms with Gasteiger partial charge in [-0.15, -0.1) is 0 Å². The van der Waals surface area contributed by atoms with Crippen molar-refractivity contribution >= 4 is 23.5 Å². The highest BCUT2D eigenvalue weighted by Gasteiger charge is 2.31. The average molecular weight is 408 g/mol. The van der Waals surface area contributed by atoms with E-state index in [1.54, 1.807) is 47.6 Å². The van der Waals surface area contributed by atoms with E-state index in [-0.39, 0.29) is 18.1 Å². The quantitative estimate of drug-likeness (QED) is 0.390. The highest BCUT2D eigenvalue weighted by Crippen LogP contribution is 2.27. The molecule has 0 radical (unpaired) electrons. The second kappa shape index (κ2) is 8.26. The van der Waals surface area contributed by atoms with E-state index in [1.807, 2.05) is 0 Å².